The minimum absolute atomic E-state index is 0.138. The number of aromatic amines is 1. The predicted octanol–water partition coefficient (Wildman–Crippen LogP) is 2.31. The van der Waals surface area contributed by atoms with Crippen molar-refractivity contribution in [1.82, 2.24) is 10.3 Å². The molecule has 0 aliphatic carbocycles. The highest BCUT2D eigenvalue weighted by molar-refractivity contribution is 6.23. The van der Waals surface area contributed by atoms with E-state index in [2.05, 4.69) is 10.3 Å². The highest BCUT2D eigenvalue weighted by Crippen LogP contribution is 2.23. The van der Waals surface area contributed by atoms with Crippen molar-refractivity contribution in [2.24, 2.45) is 11.5 Å². The number of amides is 3. The zero-order valence-electron chi connectivity index (χ0n) is 19.4. The van der Waals surface area contributed by atoms with Gasteiger partial charge < -0.3 is 21.8 Å². The lowest BCUT2D eigenvalue weighted by atomic mass is 10.0. The maximum atomic E-state index is 14.0. The molecule has 9 nitrogen and oxygen atoms in total. The van der Waals surface area contributed by atoms with Gasteiger partial charge in [0.25, 0.3) is 11.8 Å². The van der Waals surface area contributed by atoms with E-state index in [1.165, 1.54) is 6.07 Å². The van der Waals surface area contributed by atoms with Crippen LogP contribution in [0.15, 0.2) is 85.1 Å². The van der Waals surface area contributed by atoms with Gasteiger partial charge in [-0.15, -0.1) is 0 Å². The number of carbonyl (C=O) groups is 3. The molecule has 0 saturated carbocycles. The molecule has 0 spiro atoms. The minimum Gasteiger partial charge on any atom is -0.384 e. The summed E-state index contributed by atoms with van der Waals surface area (Å²) in [5.41, 5.74) is 13.7. The molecular weight excluding hydrogens is 456 g/mol. The number of nitrogen functional groups attached to an aromatic ring is 1. The molecule has 1 atom stereocenters. The second kappa shape index (κ2) is 10.7. The number of hydrogen-bond donors (Lipinski definition) is 5. The molecule has 4 aromatic rings. The molecule has 36 heavy (non-hydrogen) atoms. The summed E-state index contributed by atoms with van der Waals surface area (Å²) in [6, 6.07) is 21.2. The Morgan fingerprint density at radius 2 is 1.64 bits per heavy atom. The van der Waals surface area contributed by atoms with E-state index >= 15 is 0 Å². The molecule has 0 saturated heterocycles. The van der Waals surface area contributed by atoms with Crippen molar-refractivity contribution in [1.29, 1.82) is 5.41 Å². The maximum absolute atomic E-state index is 14.0. The van der Waals surface area contributed by atoms with Gasteiger partial charge in [-0.2, -0.15) is 0 Å². The van der Waals surface area contributed by atoms with E-state index < -0.39 is 23.8 Å². The molecule has 9 heteroatoms. The minimum atomic E-state index is -1.07. The molecule has 182 valence electrons. The molecule has 1 heterocycles. The lowest BCUT2D eigenvalue weighted by Gasteiger charge is -2.27. The number of imide groups is 1. The van der Waals surface area contributed by atoms with Gasteiger partial charge in [0.1, 0.15) is 11.9 Å². The summed E-state index contributed by atoms with van der Waals surface area (Å²) >= 11 is 0. The summed E-state index contributed by atoms with van der Waals surface area (Å²) in [7, 11) is 0. The third-order valence-corrected chi connectivity index (χ3v) is 5.78. The van der Waals surface area contributed by atoms with Crippen LogP contribution in [0.4, 0.5) is 5.69 Å². The van der Waals surface area contributed by atoms with Crippen molar-refractivity contribution < 1.29 is 14.4 Å². The third-order valence-electron chi connectivity index (χ3n) is 5.78. The van der Waals surface area contributed by atoms with E-state index in [4.69, 9.17) is 16.9 Å². The Morgan fingerprint density at radius 1 is 0.944 bits per heavy atom. The average molecular weight is 483 g/mol. The van der Waals surface area contributed by atoms with Crippen LogP contribution in [0.2, 0.25) is 0 Å². The molecule has 0 aliphatic heterocycles. The van der Waals surface area contributed by atoms with Crippen molar-refractivity contribution in [3.8, 4) is 0 Å². The fourth-order valence-corrected chi connectivity index (χ4v) is 4.00. The van der Waals surface area contributed by atoms with Gasteiger partial charge in [-0.25, -0.2) is 4.90 Å². The van der Waals surface area contributed by atoms with E-state index in [9.17, 15) is 14.4 Å². The van der Waals surface area contributed by atoms with Crippen molar-refractivity contribution in [3.05, 3.63) is 102 Å². The van der Waals surface area contributed by atoms with E-state index in [1.54, 1.807) is 54.7 Å². The topological polar surface area (TPSA) is 158 Å². The number of anilines is 1. The summed E-state index contributed by atoms with van der Waals surface area (Å²) in [5.74, 6) is -1.95. The number of fused-ring (bicyclic) bond motifs is 1. The Labute approximate surface area is 207 Å². The zero-order valence-corrected chi connectivity index (χ0v) is 19.4. The van der Waals surface area contributed by atoms with Crippen LogP contribution in [0.5, 0.6) is 0 Å². The average Bonchev–Trinajstić information content (AvgIpc) is 3.31. The standard InChI is InChI=1S/C27H26N6O3/c28-15-24(34)32-23(14-19-16-31-22-12-5-4-11-21(19)22)27(36)33(20-9-2-1-3-10-20)26(35)18-8-6-7-17(13-18)25(29)30/h1-13,16,23,31H,14-15,28H2,(H3,29,30)(H,32,34)/t23-/m1/s1. The Balaban J connectivity index is 1.75. The number of benzene rings is 3. The van der Waals surface area contributed by atoms with Crippen LogP contribution in [0.1, 0.15) is 21.5 Å². The van der Waals surface area contributed by atoms with Gasteiger partial charge >= 0.3 is 0 Å². The third kappa shape index (κ3) is 5.16. The molecular formula is C27H26N6O3. The number of rotatable bonds is 8. The Morgan fingerprint density at radius 3 is 2.36 bits per heavy atom. The molecule has 0 bridgehead atoms. The first-order valence-corrected chi connectivity index (χ1v) is 11.3. The first-order valence-electron chi connectivity index (χ1n) is 11.3. The number of nitrogens with zero attached hydrogens (tertiary/aromatic N) is 1. The number of H-pyrrole nitrogens is 1. The monoisotopic (exact) mass is 482 g/mol. The zero-order chi connectivity index (χ0) is 25.7. The van der Waals surface area contributed by atoms with E-state index in [0.29, 0.717) is 11.3 Å². The molecule has 3 amide bonds. The normalized spacial score (nSPS) is 11.6. The molecule has 0 aliphatic rings. The number of hydrogen-bond acceptors (Lipinski definition) is 5. The van der Waals surface area contributed by atoms with Crippen LogP contribution in [-0.4, -0.2) is 41.1 Å². The predicted molar refractivity (Wildman–Crippen MR) is 139 cm³/mol. The van der Waals surface area contributed by atoms with Gasteiger partial charge in [0, 0.05) is 34.6 Å². The van der Waals surface area contributed by atoms with Crippen molar-refractivity contribution in [3.63, 3.8) is 0 Å². The van der Waals surface area contributed by atoms with Crippen LogP contribution in [0, 0.1) is 5.41 Å². The first kappa shape index (κ1) is 24.4. The van der Waals surface area contributed by atoms with Crippen LogP contribution >= 0.6 is 0 Å². The summed E-state index contributed by atoms with van der Waals surface area (Å²) in [4.78, 5) is 44.2. The fraction of sp³-hybridized carbons (Fsp3) is 0.111. The van der Waals surface area contributed by atoms with Gasteiger partial charge in [0.2, 0.25) is 5.91 Å². The van der Waals surface area contributed by atoms with Crippen LogP contribution in [0.25, 0.3) is 10.9 Å². The second-order valence-electron chi connectivity index (χ2n) is 8.20. The van der Waals surface area contributed by atoms with E-state index in [0.717, 1.165) is 21.4 Å². The SMILES string of the molecule is N=C(N)c1cccc(C(=O)N(C(=O)[C@@H](Cc2c[nH]c3ccccc23)NC(=O)CN)c2ccccc2)c1. The molecule has 3 aromatic carbocycles. The van der Waals surface area contributed by atoms with E-state index in [1.807, 2.05) is 24.3 Å². The van der Waals surface area contributed by atoms with Gasteiger partial charge in [0.05, 0.1) is 12.2 Å². The van der Waals surface area contributed by atoms with Gasteiger partial charge in [-0.1, -0.05) is 48.5 Å². The number of nitrogens with two attached hydrogens (primary N) is 2. The molecule has 7 N–H and O–H groups in total. The number of amidine groups is 1. The summed E-state index contributed by atoms with van der Waals surface area (Å²) in [6.45, 7) is -0.308. The van der Waals surface area contributed by atoms with Gasteiger partial charge in [-0.3, -0.25) is 19.8 Å². The quantitative estimate of drug-likeness (QED) is 0.192. The molecule has 1 aromatic heterocycles. The first-order chi connectivity index (χ1) is 17.4. The summed E-state index contributed by atoms with van der Waals surface area (Å²) < 4.78 is 0. The maximum Gasteiger partial charge on any atom is 0.265 e. The van der Waals surface area contributed by atoms with Gasteiger partial charge in [0.15, 0.2) is 0 Å². The number of aromatic nitrogens is 1. The summed E-state index contributed by atoms with van der Waals surface area (Å²) in [5, 5.41) is 11.3. The molecule has 4 rings (SSSR count). The molecule has 0 unspecified atom stereocenters. The van der Waals surface area contributed by atoms with Gasteiger partial charge in [-0.05, 0) is 35.9 Å². The number of carbonyl (C=O) groups excluding carboxylic acids is 3. The fourth-order valence-electron chi connectivity index (χ4n) is 4.00. The molecule has 0 fully saturated rings. The molecule has 0 radical (unpaired) electrons. The van der Waals surface area contributed by atoms with Crippen LogP contribution < -0.4 is 21.7 Å². The van der Waals surface area contributed by atoms with Crippen molar-refractivity contribution in [2.75, 3.05) is 11.4 Å². The highest BCUT2D eigenvalue weighted by atomic mass is 16.2. The number of nitrogens with one attached hydrogen (secondary N) is 3. The summed E-state index contributed by atoms with van der Waals surface area (Å²) in [6.07, 6.45) is 1.92. The van der Waals surface area contributed by atoms with Crippen molar-refractivity contribution in [2.45, 2.75) is 12.5 Å². The lowest BCUT2D eigenvalue weighted by Crippen LogP contribution is -2.53. The Kier molecular flexibility index (Phi) is 7.22. The lowest BCUT2D eigenvalue weighted by molar-refractivity contribution is -0.126. The largest absolute Gasteiger partial charge is 0.384 e. The highest BCUT2D eigenvalue weighted by Gasteiger charge is 2.32. The Hall–Kier alpha value is -4.76. The van der Waals surface area contributed by atoms with Crippen LogP contribution in [0.3, 0.4) is 0 Å². The van der Waals surface area contributed by atoms with Crippen LogP contribution in [-0.2, 0) is 16.0 Å². The van der Waals surface area contributed by atoms with Crippen molar-refractivity contribution >= 4 is 40.1 Å². The second-order valence-corrected chi connectivity index (χ2v) is 8.20. The Bertz CT molecular complexity index is 1430. The smallest absolute Gasteiger partial charge is 0.265 e. The van der Waals surface area contributed by atoms with E-state index in [-0.39, 0.29) is 24.4 Å². The number of para-hydroxylation sites is 2.